The first-order valence-corrected chi connectivity index (χ1v) is 8.85. The molecule has 0 saturated heterocycles. The third-order valence-electron chi connectivity index (χ3n) is 2.71. The van der Waals surface area contributed by atoms with Crippen LogP contribution in [0.3, 0.4) is 0 Å². The number of aryl methyl sites for hydroxylation is 2. The van der Waals surface area contributed by atoms with E-state index in [4.69, 9.17) is 5.73 Å². The molecule has 0 atom stereocenters. The summed E-state index contributed by atoms with van der Waals surface area (Å²) in [6, 6.07) is 0. The van der Waals surface area contributed by atoms with E-state index in [-0.39, 0.29) is 13.1 Å². The molecule has 2 aromatic heterocycles. The fourth-order valence-electron chi connectivity index (χ4n) is 1.72. The molecule has 0 spiro atoms. The van der Waals surface area contributed by atoms with E-state index < -0.39 is 10.0 Å². The lowest BCUT2D eigenvalue weighted by molar-refractivity contribution is 0.580. The number of sulfonamides is 1. The van der Waals surface area contributed by atoms with Gasteiger partial charge >= 0.3 is 0 Å². The van der Waals surface area contributed by atoms with Crippen molar-refractivity contribution in [2.75, 3.05) is 0 Å². The first-order valence-electron chi connectivity index (χ1n) is 5.61. The van der Waals surface area contributed by atoms with Gasteiger partial charge in [0, 0.05) is 22.8 Å². The van der Waals surface area contributed by atoms with Gasteiger partial charge in [-0.3, -0.25) is 0 Å². The smallest absolute Gasteiger partial charge is 0.242 e. The van der Waals surface area contributed by atoms with Crippen LogP contribution in [0.25, 0.3) is 0 Å². The number of aromatic nitrogens is 1. The van der Waals surface area contributed by atoms with Crippen molar-refractivity contribution in [1.29, 1.82) is 0 Å². The fraction of sp³-hybridized carbons (Fsp3) is 0.364. The first kappa shape index (κ1) is 14.6. The SMILES string of the molecule is Cc1csc(CN)c1S(=O)(=O)NCc1scnc1C. The van der Waals surface area contributed by atoms with Crippen molar-refractivity contribution >= 4 is 32.7 Å². The molecule has 5 nitrogen and oxygen atoms in total. The lowest BCUT2D eigenvalue weighted by atomic mass is 10.3. The van der Waals surface area contributed by atoms with Gasteiger partial charge in [0.15, 0.2) is 0 Å². The summed E-state index contributed by atoms with van der Waals surface area (Å²) in [7, 11) is -3.52. The molecule has 0 bridgehead atoms. The van der Waals surface area contributed by atoms with Gasteiger partial charge in [-0.2, -0.15) is 0 Å². The van der Waals surface area contributed by atoms with Crippen LogP contribution < -0.4 is 10.5 Å². The molecule has 2 aromatic rings. The Kier molecular flexibility index (Phi) is 4.36. The highest BCUT2D eigenvalue weighted by Gasteiger charge is 2.22. The van der Waals surface area contributed by atoms with Crippen LogP contribution in [0.1, 0.15) is 21.0 Å². The topological polar surface area (TPSA) is 85.1 Å². The molecule has 0 aliphatic carbocycles. The zero-order valence-corrected chi connectivity index (χ0v) is 13.1. The first-order chi connectivity index (χ1) is 8.95. The molecule has 0 unspecified atom stereocenters. The van der Waals surface area contributed by atoms with Crippen LogP contribution in [0, 0.1) is 13.8 Å². The summed E-state index contributed by atoms with van der Waals surface area (Å²) in [4.78, 5) is 6.03. The lowest BCUT2D eigenvalue weighted by Gasteiger charge is -2.08. The molecule has 0 aromatic carbocycles. The van der Waals surface area contributed by atoms with Gasteiger partial charge in [-0.1, -0.05) is 0 Å². The molecule has 104 valence electrons. The highest BCUT2D eigenvalue weighted by Crippen LogP contribution is 2.26. The monoisotopic (exact) mass is 317 g/mol. The average molecular weight is 317 g/mol. The van der Waals surface area contributed by atoms with Gasteiger partial charge in [-0.05, 0) is 24.8 Å². The second kappa shape index (κ2) is 5.68. The molecule has 2 rings (SSSR count). The number of nitrogens with zero attached hydrogens (tertiary/aromatic N) is 1. The Balaban J connectivity index is 2.23. The van der Waals surface area contributed by atoms with Crippen LogP contribution >= 0.6 is 22.7 Å². The third kappa shape index (κ3) is 3.03. The lowest BCUT2D eigenvalue weighted by Crippen LogP contribution is -2.24. The molecule has 0 aliphatic rings. The van der Waals surface area contributed by atoms with E-state index in [9.17, 15) is 8.42 Å². The summed E-state index contributed by atoms with van der Waals surface area (Å²) in [5.41, 5.74) is 8.88. The van der Waals surface area contributed by atoms with Crippen molar-refractivity contribution in [3.05, 3.63) is 31.9 Å². The van der Waals surface area contributed by atoms with Crippen LogP contribution in [0.15, 0.2) is 15.8 Å². The maximum Gasteiger partial charge on any atom is 0.242 e. The van der Waals surface area contributed by atoms with Crippen LogP contribution in [0.2, 0.25) is 0 Å². The number of rotatable bonds is 5. The Hall–Kier alpha value is -0.800. The van der Waals surface area contributed by atoms with Crippen molar-refractivity contribution < 1.29 is 8.42 Å². The van der Waals surface area contributed by atoms with E-state index in [0.29, 0.717) is 9.77 Å². The highest BCUT2D eigenvalue weighted by atomic mass is 32.2. The number of thiazole rings is 1. The maximum absolute atomic E-state index is 12.3. The molecule has 0 saturated carbocycles. The van der Waals surface area contributed by atoms with Gasteiger partial charge in [-0.25, -0.2) is 18.1 Å². The summed E-state index contributed by atoms with van der Waals surface area (Å²) in [6.45, 7) is 4.13. The minimum Gasteiger partial charge on any atom is -0.326 e. The van der Waals surface area contributed by atoms with Gasteiger partial charge in [0.2, 0.25) is 10.0 Å². The minimum absolute atomic E-state index is 0.230. The Morgan fingerprint density at radius 3 is 2.63 bits per heavy atom. The van der Waals surface area contributed by atoms with Gasteiger partial charge < -0.3 is 5.73 Å². The summed E-state index contributed by atoms with van der Waals surface area (Å²) >= 11 is 2.82. The normalized spacial score (nSPS) is 11.9. The summed E-state index contributed by atoms with van der Waals surface area (Å²) in [5, 5.41) is 1.81. The van der Waals surface area contributed by atoms with E-state index in [1.54, 1.807) is 12.4 Å². The van der Waals surface area contributed by atoms with E-state index in [2.05, 4.69) is 9.71 Å². The van der Waals surface area contributed by atoms with Crippen molar-refractivity contribution in [3.63, 3.8) is 0 Å². The Morgan fingerprint density at radius 2 is 2.05 bits per heavy atom. The van der Waals surface area contributed by atoms with E-state index in [0.717, 1.165) is 16.1 Å². The molecule has 8 heteroatoms. The standard InChI is InChI=1S/C11H15N3O2S3/c1-7-5-17-9(3-12)11(7)19(15,16)14-4-10-8(2)13-6-18-10/h5-6,14H,3-4,12H2,1-2H3. The van der Waals surface area contributed by atoms with Crippen molar-refractivity contribution in [2.45, 2.75) is 31.8 Å². The van der Waals surface area contributed by atoms with E-state index in [1.165, 1.54) is 22.7 Å². The fourth-order valence-corrected chi connectivity index (χ4v) is 5.22. The van der Waals surface area contributed by atoms with E-state index >= 15 is 0 Å². The van der Waals surface area contributed by atoms with Crippen molar-refractivity contribution in [1.82, 2.24) is 9.71 Å². The molecule has 0 aliphatic heterocycles. The Labute approximate surface area is 120 Å². The number of hydrogen-bond acceptors (Lipinski definition) is 6. The number of nitrogens with two attached hydrogens (primary N) is 1. The summed E-state index contributed by atoms with van der Waals surface area (Å²) in [5.74, 6) is 0. The van der Waals surface area contributed by atoms with Gasteiger partial charge in [-0.15, -0.1) is 22.7 Å². The predicted molar refractivity (Wildman–Crippen MR) is 77.8 cm³/mol. The Morgan fingerprint density at radius 1 is 1.32 bits per heavy atom. The molecule has 0 fully saturated rings. The maximum atomic E-state index is 12.3. The predicted octanol–water partition coefficient (Wildman–Crippen LogP) is 1.76. The molecule has 19 heavy (non-hydrogen) atoms. The van der Waals surface area contributed by atoms with Crippen molar-refractivity contribution in [2.24, 2.45) is 5.73 Å². The second-order valence-electron chi connectivity index (χ2n) is 4.06. The molecule has 0 amide bonds. The number of nitrogens with one attached hydrogen (secondary N) is 1. The molecular formula is C11H15N3O2S3. The molecule has 2 heterocycles. The summed E-state index contributed by atoms with van der Waals surface area (Å²) in [6.07, 6.45) is 0. The quantitative estimate of drug-likeness (QED) is 0.880. The largest absolute Gasteiger partial charge is 0.326 e. The van der Waals surface area contributed by atoms with Crippen LogP contribution in [0.4, 0.5) is 0 Å². The van der Waals surface area contributed by atoms with Crippen LogP contribution in [-0.4, -0.2) is 13.4 Å². The number of hydrogen-bond donors (Lipinski definition) is 2. The third-order valence-corrected chi connectivity index (χ3v) is 6.53. The average Bonchev–Trinajstić information content (AvgIpc) is 2.93. The van der Waals surface area contributed by atoms with Gasteiger partial charge in [0.25, 0.3) is 0 Å². The van der Waals surface area contributed by atoms with Crippen LogP contribution in [-0.2, 0) is 23.1 Å². The van der Waals surface area contributed by atoms with Gasteiger partial charge in [0.1, 0.15) is 4.90 Å². The zero-order chi connectivity index (χ0) is 14.0. The summed E-state index contributed by atoms with van der Waals surface area (Å²) < 4.78 is 27.3. The van der Waals surface area contributed by atoms with Crippen LogP contribution in [0.5, 0.6) is 0 Å². The second-order valence-corrected chi connectivity index (χ2v) is 7.67. The molecule has 3 N–H and O–H groups in total. The highest BCUT2D eigenvalue weighted by molar-refractivity contribution is 7.89. The number of thiophene rings is 1. The zero-order valence-electron chi connectivity index (χ0n) is 10.6. The molecule has 0 radical (unpaired) electrons. The van der Waals surface area contributed by atoms with E-state index in [1.807, 2.05) is 12.3 Å². The van der Waals surface area contributed by atoms with Crippen molar-refractivity contribution in [3.8, 4) is 0 Å². The van der Waals surface area contributed by atoms with Gasteiger partial charge in [0.05, 0.1) is 11.2 Å². The Bertz CT molecular complexity index is 673. The minimum atomic E-state index is -3.52. The molecular weight excluding hydrogens is 302 g/mol.